The molecule has 2 heterocycles. The molecule has 0 bridgehead atoms. The van der Waals surface area contributed by atoms with Crippen molar-refractivity contribution in [2.45, 2.75) is 86.7 Å². The van der Waals surface area contributed by atoms with Gasteiger partial charge in [0.25, 0.3) is 0 Å². The van der Waals surface area contributed by atoms with Crippen molar-refractivity contribution < 1.29 is 14.6 Å². The van der Waals surface area contributed by atoms with Crippen LogP contribution in [-0.4, -0.2) is 83.4 Å². The molecule has 0 aromatic rings. The van der Waals surface area contributed by atoms with E-state index in [0.29, 0.717) is 18.9 Å². The summed E-state index contributed by atoms with van der Waals surface area (Å²) in [6, 6.07) is -1.55. The molecule has 30 heavy (non-hydrogen) atoms. The molecule has 0 amide bonds. The number of halogens is 1. The number of nitrogens with two attached hydrogens (primary N) is 2. The van der Waals surface area contributed by atoms with Gasteiger partial charge in [0, 0.05) is 30.6 Å². The van der Waals surface area contributed by atoms with E-state index in [1.54, 1.807) is 0 Å². The Labute approximate surface area is 188 Å². The SMILES string of the molecule is C=O.CSC1OC(C(CC(C)Cl)NCC2CCC(C)CCN2N)C(N)C(N=O)C1O. The fourth-order valence-corrected chi connectivity index (χ4v) is 5.00. The number of aliphatic hydroxyl groups excluding tert-OH is 1. The number of hydrogen-bond donors (Lipinski definition) is 4. The van der Waals surface area contributed by atoms with E-state index < -0.39 is 29.7 Å². The number of aliphatic hydroxyl groups is 1. The molecule has 0 aliphatic carbocycles. The van der Waals surface area contributed by atoms with Crippen molar-refractivity contribution in [2.75, 3.05) is 19.3 Å². The molecule has 6 N–H and O–H groups in total. The summed E-state index contributed by atoms with van der Waals surface area (Å²) in [4.78, 5) is 19.3. The number of nitrogens with zero attached hydrogens (tertiary/aromatic N) is 2. The normalized spacial score (nSPS) is 37.4. The van der Waals surface area contributed by atoms with E-state index in [1.165, 1.54) is 11.8 Å². The zero-order valence-corrected chi connectivity index (χ0v) is 19.7. The summed E-state index contributed by atoms with van der Waals surface area (Å²) in [6.07, 6.45) is 4.23. The lowest BCUT2D eigenvalue weighted by molar-refractivity contribution is -0.108. The Morgan fingerprint density at radius 1 is 1.40 bits per heavy atom. The maximum atomic E-state index is 11.3. The summed E-state index contributed by atoms with van der Waals surface area (Å²) < 4.78 is 6.09. The van der Waals surface area contributed by atoms with Crippen LogP contribution in [-0.2, 0) is 9.53 Å². The molecule has 0 aromatic heterocycles. The van der Waals surface area contributed by atoms with Crippen molar-refractivity contribution in [3.63, 3.8) is 0 Å². The van der Waals surface area contributed by atoms with E-state index in [-0.39, 0.29) is 17.5 Å². The van der Waals surface area contributed by atoms with Crippen LogP contribution in [0.5, 0.6) is 0 Å². The highest BCUT2D eigenvalue weighted by Gasteiger charge is 2.47. The number of rotatable bonds is 8. The largest absolute Gasteiger partial charge is 0.387 e. The Hall–Kier alpha value is -0.330. The molecular formula is C19H38ClN5O4S. The predicted octanol–water partition coefficient (Wildman–Crippen LogP) is 1.05. The minimum absolute atomic E-state index is 0.0985. The molecule has 2 aliphatic rings. The van der Waals surface area contributed by atoms with Crippen LogP contribution in [0.25, 0.3) is 0 Å². The first-order valence-electron chi connectivity index (χ1n) is 10.4. The van der Waals surface area contributed by atoms with Crippen molar-refractivity contribution in [1.82, 2.24) is 10.3 Å². The number of thioether (sulfide) groups is 1. The third-order valence-electron chi connectivity index (χ3n) is 5.98. The van der Waals surface area contributed by atoms with E-state index in [9.17, 15) is 10.0 Å². The fourth-order valence-electron chi connectivity index (χ4n) is 4.13. The molecular weight excluding hydrogens is 430 g/mol. The fraction of sp³-hybridized carbons (Fsp3) is 0.947. The topological polar surface area (TPSA) is 143 Å². The van der Waals surface area contributed by atoms with Crippen molar-refractivity contribution in [1.29, 1.82) is 0 Å². The maximum absolute atomic E-state index is 11.3. The van der Waals surface area contributed by atoms with Gasteiger partial charge in [0.1, 0.15) is 24.4 Å². The highest BCUT2D eigenvalue weighted by atomic mass is 35.5. The number of carbonyl (C=O) groups is 1. The standard InChI is InChI=1S/C18H36ClN5O3S.CH2O/c1-10-4-5-12(24(21)7-6-10)9-22-13(8-11(2)19)17-14(20)15(23-26)16(25)18(27-17)28-3;1-2/h10-18,22,25H,4-9,20-21H2,1-3H3;1H2. The summed E-state index contributed by atoms with van der Waals surface area (Å²) in [6.45, 7) is 7.75. The second-order valence-electron chi connectivity index (χ2n) is 8.26. The molecule has 2 saturated heterocycles. The lowest BCUT2D eigenvalue weighted by Crippen LogP contribution is -2.65. The van der Waals surface area contributed by atoms with Crippen molar-refractivity contribution in [3.05, 3.63) is 4.91 Å². The lowest BCUT2D eigenvalue weighted by Gasteiger charge is -2.44. The van der Waals surface area contributed by atoms with Crippen molar-refractivity contribution >= 4 is 30.2 Å². The van der Waals surface area contributed by atoms with Crippen LogP contribution < -0.4 is 16.9 Å². The van der Waals surface area contributed by atoms with Gasteiger partial charge in [-0.2, -0.15) is 4.91 Å². The Bertz CT molecular complexity index is 510. The molecule has 9 nitrogen and oxygen atoms in total. The van der Waals surface area contributed by atoms with Crippen LogP contribution in [0.4, 0.5) is 0 Å². The van der Waals surface area contributed by atoms with Gasteiger partial charge in [0.05, 0.1) is 12.1 Å². The molecule has 176 valence electrons. The Balaban J connectivity index is 0.00000218. The van der Waals surface area contributed by atoms with E-state index in [0.717, 1.165) is 25.8 Å². The third kappa shape index (κ3) is 7.67. The van der Waals surface area contributed by atoms with Crippen LogP contribution in [0.1, 0.15) is 39.5 Å². The summed E-state index contributed by atoms with van der Waals surface area (Å²) in [5.41, 5.74) is 5.74. The number of alkyl halides is 1. The van der Waals surface area contributed by atoms with Crippen molar-refractivity contribution in [3.8, 4) is 0 Å². The molecule has 2 fully saturated rings. The van der Waals surface area contributed by atoms with E-state index in [2.05, 4.69) is 17.4 Å². The lowest BCUT2D eigenvalue weighted by atomic mass is 9.89. The van der Waals surface area contributed by atoms with Crippen LogP contribution in [0.3, 0.4) is 0 Å². The van der Waals surface area contributed by atoms with Crippen LogP contribution in [0.15, 0.2) is 5.18 Å². The van der Waals surface area contributed by atoms with Gasteiger partial charge in [-0.05, 0) is 44.8 Å². The van der Waals surface area contributed by atoms with Crippen LogP contribution in [0.2, 0.25) is 0 Å². The zero-order chi connectivity index (χ0) is 22.8. The van der Waals surface area contributed by atoms with Gasteiger partial charge in [-0.3, -0.25) is 5.84 Å². The predicted molar refractivity (Wildman–Crippen MR) is 122 cm³/mol. The Morgan fingerprint density at radius 3 is 2.63 bits per heavy atom. The van der Waals surface area contributed by atoms with Crippen molar-refractivity contribution in [2.24, 2.45) is 22.7 Å². The van der Waals surface area contributed by atoms with Gasteiger partial charge in [0.2, 0.25) is 0 Å². The molecule has 9 atom stereocenters. The minimum atomic E-state index is -1.02. The first kappa shape index (κ1) is 27.7. The van der Waals surface area contributed by atoms with E-state index in [4.69, 9.17) is 32.7 Å². The molecule has 0 spiro atoms. The smallest absolute Gasteiger partial charge is 0.139 e. The van der Waals surface area contributed by atoms with Gasteiger partial charge in [-0.1, -0.05) is 12.1 Å². The average molecular weight is 468 g/mol. The summed E-state index contributed by atoms with van der Waals surface area (Å²) in [7, 11) is 0. The second-order valence-corrected chi connectivity index (χ2v) is 9.94. The number of hydrazine groups is 1. The van der Waals surface area contributed by atoms with Gasteiger partial charge in [-0.15, -0.1) is 23.4 Å². The Kier molecular flexibility index (Phi) is 12.9. The molecule has 0 aromatic carbocycles. The number of ether oxygens (including phenoxy) is 1. The maximum Gasteiger partial charge on any atom is 0.139 e. The highest BCUT2D eigenvalue weighted by molar-refractivity contribution is 7.99. The number of nitroso groups, excluding NO2 is 1. The van der Waals surface area contributed by atoms with E-state index >= 15 is 0 Å². The molecule has 2 aliphatic heterocycles. The van der Waals surface area contributed by atoms with Gasteiger partial charge >= 0.3 is 0 Å². The molecule has 0 saturated carbocycles. The molecule has 0 radical (unpaired) electrons. The summed E-state index contributed by atoms with van der Waals surface area (Å²) in [5, 5.41) is 18.8. The van der Waals surface area contributed by atoms with Gasteiger partial charge in [0.15, 0.2) is 0 Å². The second kappa shape index (κ2) is 13.9. The van der Waals surface area contributed by atoms with Crippen LogP contribution in [0, 0.1) is 10.8 Å². The highest BCUT2D eigenvalue weighted by Crippen LogP contribution is 2.31. The summed E-state index contributed by atoms with van der Waals surface area (Å²) in [5.74, 6) is 6.93. The molecule has 2 rings (SSSR count). The van der Waals surface area contributed by atoms with Crippen LogP contribution >= 0.6 is 23.4 Å². The minimum Gasteiger partial charge on any atom is -0.387 e. The number of carbonyl (C=O) groups excluding carboxylic acids is 1. The number of hydrogen-bond acceptors (Lipinski definition) is 10. The quantitative estimate of drug-likeness (QED) is 0.234. The molecule has 9 unspecified atom stereocenters. The first-order chi connectivity index (χ1) is 14.3. The third-order valence-corrected chi connectivity index (χ3v) is 7.01. The zero-order valence-electron chi connectivity index (χ0n) is 18.2. The molecule has 11 heteroatoms. The monoisotopic (exact) mass is 467 g/mol. The first-order valence-corrected chi connectivity index (χ1v) is 12.1. The van der Waals surface area contributed by atoms with Gasteiger partial charge < -0.3 is 25.7 Å². The average Bonchev–Trinajstić information content (AvgIpc) is 2.88. The summed E-state index contributed by atoms with van der Waals surface area (Å²) >= 11 is 7.64. The Morgan fingerprint density at radius 2 is 2.07 bits per heavy atom. The van der Waals surface area contributed by atoms with E-state index in [1.807, 2.05) is 25.0 Å². The number of nitrogens with one attached hydrogen (secondary N) is 1. The van der Waals surface area contributed by atoms with Gasteiger partial charge in [-0.25, -0.2) is 5.01 Å².